The third kappa shape index (κ3) is 3.98. The molecular weight excluding hydrogens is 312 g/mol. The van der Waals surface area contributed by atoms with E-state index in [4.69, 9.17) is 9.90 Å². The van der Waals surface area contributed by atoms with Crippen LogP contribution in [0.1, 0.15) is 36.6 Å². The smallest absolute Gasteiger partial charge is 0.290 e. The zero-order valence-electron chi connectivity index (χ0n) is 13.8. The van der Waals surface area contributed by atoms with E-state index in [1.54, 1.807) is 7.05 Å². The molecule has 2 N–H and O–H groups in total. The summed E-state index contributed by atoms with van der Waals surface area (Å²) < 4.78 is 3.98. The molecule has 1 aliphatic heterocycles. The highest BCUT2D eigenvalue weighted by atomic mass is 16.3. The second-order valence-corrected chi connectivity index (χ2v) is 5.39. The Morgan fingerprint density at radius 3 is 2.96 bits per heavy atom. The van der Waals surface area contributed by atoms with Crippen LogP contribution in [0.5, 0.6) is 0 Å². The molecule has 3 heterocycles. The molecule has 0 radical (unpaired) electrons. The lowest BCUT2D eigenvalue weighted by Gasteiger charge is -2.22. The molecule has 24 heavy (non-hydrogen) atoms. The molecule has 1 atom stereocenters. The first-order valence-electron chi connectivity index (χ1n) is 7.85. The van der Waals surface area contributed by atoms with Crippen molar-refractivity contribution in [2.45, 2.75) is 45.2 Å². The Hall–Kier alpha value is -2.71. The summed E-state index contributed by atoms with van der Waals surface area (Å²) >= 11 is 0. The van der Waals surface area contributed by atoms with E-state index >= 15 is 0 Å². The van der Waals surface area contributed by atoms with Crippen molar-refractivity contribution < 1.29 is 14.7 Å². The van der Waals surface area contributed by atoms with Gasteiger partial charge in [-0.3, -0.25) is 14.3 Å². The summed E-state index contributed by atoms with van der Waals surface area (Å²) in [4.78, 5) is 24.5. The predicted molar refractivity (Wildman–Crippen MR) is 85.4 cm³/mol. The number of hydrogen-bond donors (Lipinski definition) is 2. The molecule has 0 saturated carbocycles. The molecule has 0 spiro atoms. The van der Waals surface area contributed by atoms with Crippen LogP contribution in [0.25, 0.3) is 0 Å². The van der Waals surface area contributed by atoms with E-state index in [0.717, 1.165) is 31.8 Å². The fraction of sp³-hybridized carbons (Fsp3) is 0.533. The number of aromatic nitrogens is 5. The molecule has 0 fully saturated rings. The van der Waals surface area contributed by atoms with Gasteiger partial charge in [-0.15, -0.1) is 0 Å². The molecule has 1 unspecified atom stereocenters. The van der Waals surface area contributed by atoms with E-state index in [1.165, 1.54) is 5.69 Å². The highest BCUT2D eigenvalue weighted by Gasteiger charge is 2.25. The van der Waals surface area contributed by atoms with Gasteiger partial charge in [0.15, 0.2) is 5.82 Å². The maximum atomic E-state index is 11.5. The highest BCUT2D eigenvalue weighted by molar-refractivity contribution is 5.77. The van der Waals surface area contributed by atoms with E-state index in [-0.39, 0.29) is 18.8 Å². The van der Waals surface area contributed by atoms with Gasteiger partial charge in [-0.2, -0.15) is 10.2 Å². The maximum Gasteiger partial charge on any atom is 0.290 e. The Morgan fingerprint density at radius 2 is 2.29 bits per heavy atom. The summed E-state index contributed by atoms with van der Waals surface area (Å²) in [6.07, 6.45) is 4.02. The number of carbonyl (C=O) groups is 2. The first-order valence-corrected chi connectivity index (χ1v) is 7.85. The van der Waals surface area contributed by atoms with Gasteiger partial charge in [0.2, 0.25) is 5.91 Å². The summed E-state index contributed by atoms with van der Waals surface area (Å²) in [5.74, 6) is 1.88. The van der Waals surface area contributed by atoms with Crippen LogP contribution in [-0.4, -0.2) is 49.1 Å². The molecule has 9 nitrogen and oxygen atoms in total. The van der Waals surface area contributed by atoms with Crippen LogP contribution >= 0.6 is 0 Å². The van der Waals surface area contributed by atoms with Gasteiger partial charge in [0.25, 0.3) is 6.47 Å². The minimum Gasteiger partial charge on any atom is -0.483 e. The SMILES string of the molecule is CCn1nc(CC(=O)NC)nc1C1CCn2nccc2C1.O=CO. The number of carboxylic acid groups (broad SMARTS) is 1. The minimum absolute atomic E-state index is 0.0588. The number of amides is 1. The Labute approximate surface area is 139 Å². The molecule has 2 aromatic heterocycles. The Morgan fingerprint density at radius 1 is 1.54 bits per heavy atom. The molecule has 130 valence electrons. The van der Waals surface area contributed by atoms with E-state index in [1.807, 2.05) is 10.9 Å². The molecular formula is C15H22N6O3. The summed E-state index contributed by atoms with van der Waals surface area (Å²) in [6.45, 7) is 3.48. The van der Waals surface area contributed by atoms with Gasteiger partial charge in [0.1, 0.15) is 5.82 Å². The summed E-state index contributed by atoms with van der Waals surface area (Å²) in [5, 5.41) is 18.3. The van der Waals surface area contributed by atoms with Crippen molar-refractivity contribution in [3.63, 3.8) is 0 Å². The summed E-state index contributed by atoms with van der Waals surface area (Å²) in [5.41, 5.74) is 1.24. The summed E-state index contributed by atoms with van der Waals surface area (Å²) in [6, 6.07) is 2.06. The zero-order chi connectivity index (χ0) is 17.5. The Kier molecular flexibility index (Phi) is 6.05. The fourth-order valence-corrected chi connectivity index (χ4v) is 2.83. The second kappa shape index (κ2) is 8.23. The van der Waals surface area contributed by atoms with Gasteiger partial charge in [-0.05, 0) is 25.8 Å². The third-order valence-corrected chi connectivity index (χ3v) is 3.96. The number of nitrogens with zero attached hydrogens (tertiary/aromatic N) is 5. The van der Waals surface area contributed by atoms with Crippen molar-refractivity contribution in [3.05, 3.63) is 29.6 Å². The number of likely N-dealkylation sites (N-methyl/N-ethyl adjacent to an activating group) is 1. The standard InChI is InChI=1S/C14H20N6O.CH2O2/c1-3-19-14(17-12(18-19)9-13(21)15-2)10-5-7-20-11(8-10)4-6-16-20;2-1-3/h4,6,10H,3,5,7-9H2,1-2H3,(H,15,21);1H,(H,2,3). The third-order valence-electron chi connectivity index (χ3n) is 3.96. The second-order valence-electron chi connectivity index (χ2n) is 5.39. The first-order chi connectivity index (χ1) is 11.6. The number of fused-ring (bicyclic) bond motifs is 1. The summed E-state index contributed by atoms with van der Waals surface area (Å²) in [7, 11) is 1.63. The van der Waals surface area contributed by atoms with Gasteiger partial charge < -0.3 is 10.4 Å². The molecule has 0 aromatic carbocycles. The predicted octanol–water partition coefficient (Wildman–Crippen LogP) is 0.214. The van der Waals surface area contributed by atoms with Gasteiger partial charge in [0, 0.05) is 37.9 Å². The number of hydrogen-bond acceptors (Lipinski definition) is 5. The van der Waals surface area contributed by atoms with E-state index < -0.39 is 0 Å². The van der Waals surface area contributed by atoms with Crippen LogP contribution in [0, 0.1) is 0 Å². The van der Waals surface area contributed by atoms with Crippen LogP contribution in [0.2, 0.25) is 0 Å². The van der Waals surface area contributed by atoms with Crippen LogP contribution in [-0.2, 0) is 35.5 Å². The molecule has 3 rings (SSSR count). The van der Waals surface area contributed by atoms with Crippen molar-refractivity contribution in [2.24, 2.45) is 0 Å². The molecule has 1 aliphatic rings. The van der Waals surface area contributed by atoms with Gasteiger partial charge in [-0.1, -0.05) is 0 Å². The van der Waals surface area contributed by atoms with E-state index in [0.29, 0.717) is 11.7 Å². The fourth-order valence-electron chi connectivity index (χ4n) is 2.83. The minimum atomic E-state index is -0.250. The van der Waals surface area contributed by atoms with Gasteiger partial charge >= 0.3 is 0 Å². The number of rotatable bonds is 4. The monoisotopic (exact) mass is 334 g/mol. The van der Waals surface area contributed by atoms with Gasteiger partial charge in [0.05, 0.1) is 6.42 Å². The topological polar surface area (TPSA) is 115 Å². The van der Waals surface area contributed by atoms with Crippen molar-refractivity contribution in [1.29, 1.82) is 0 Å². The molecule has 0 bridgehead atoms. The zero-order valence-corrected chi connectivity index (χ0v) is 13.8. The Bertz CT molecular complexity index is 693. The van der Waals surface area contributed by atoms with Crippen molar-refractivity contribution >= 4 is 12.4 Å². The maximum absolute atomic E-state index is 11.5. The van der Waals surface area contributed by atoms with Crippen LogP contribution in [0.4, 0.5) is 0 Å². The van der Waals surface area contributed by atoms with Crippen LogP contribution in [0.15, 0.2) is 12.3 Å². The number of aryl methyl sites for hydroxylation is 2. The molecule has 1 amide bonds. The average Bonchev–Trinajstić information content (AvgIpc) is 3.20. The molecule has 2 aromatic rings. The number of carbonyl (C=O) groups excluding carboxylic acids is 1. The normalized spacial score (nSPS) is 15.8. The molecule has 0 aliphatic carbocycles. The van der Waals surface area contributed by atoms with Crippen molar-refractivity contribution in [1.82, 2.24) is 29.9 Å². The Balaban J connectivity index is 0.000000647. The highest BCUT2D eigenvalue weighted by Crippen LogP contribution is 2.28. The first kappa shape index (κ1) is 17.6. The van der Waals surface area contributed by atoms with E-state index in [9.17, 15) is 4.79 Å². The van der Waals surface area contributed by atoms with E-state index in [2.05, 4.69) is 38.2 Å². The quantitative estimate of drug-likeness (QED) is 0.773. The lowest BCUT2D eigenvalue weighted by atomic mass is 9.95. The van der Waals surface area contributed by atoms with Crippen LogP contribution < -0.4 is 5.32 Å². The molecule has 0 saturated heterocycles. The van der Waals surface area contributed by atoms with Gasteiger partial charge in [-0.25, -0.2) is 9.67 Å². The average molecular weight is 334 g/mol. The lowest BCUT2D eigenvalue weighted by Crippen LogP contribution is -2.21. The largest absolute Gasteiger partial charge is 0.483 e. The number of nitrogens with one attached hydrogen (secondary N) is 1. The van der Waals surface area contributed by atoms with Crippen molar-refractivity contribution in [2.75, 3.05) is 7.05 Å². The van der Waals surface area contributed by atoms with Crippen LogP contribution in [0.3, 0.4) is 0 Å². The molecule has 9 heteroatoms. The van der Waals surface area contributed by atoms with Crippen molar-refractivity contribution in [3.8, 4) is 0 Å². The lowest BCUT2D eigenvalue weighted by molar-refractivity contribution is -0.123.